The molecule has 20 heavy (non-hydrogen) atoms. The van der Waals surface area contributed by atoms with E-state index in [0.717, 1.165) is 5.56 Å². The Morgan fingerprint density at radius 2 is 2.00 bits per heavy atom. The van der Waals surface area contributed by atoms with E-state index in [1.807, 2.05) is 0 Å². The van der Waals surface area contributed by atoms with E-state index in [1.54, 1.807) is 26.8 Å². The molecule has 2 atom stereocenters. The third-order valence-corrected chi connectivity index (χ3v) is 4.61. The second-order valence-electron chi connectivity index (χ2n) is 5.54. The van der Waals surface area contributed by atoms with Gasteiger partial charge in [0, 0.05) is 5.33 Å². The van der Waals surface area contributed by atoms with Crippen LogP contribution < -0.4 is 0 Å². The standard InChI is InChI=1S/C13H17BBrFO4/c1-12(2)13(3,20-14(18)19-12)11(17)10-6-9(16)5-4-8(10)7-15/h4-6,11,17-18H,7H2,1-3H3. The second kappa shape index (κ2) is 5.38. The van der Waals surface area contributed by atoms with Crippen LogP contribution in [-0.2, 0) is 14.6 Å². The molecule has 1 aromatic rings. The summed E-state index contributed by atoms with van der Waals surface area (Å²) in [6.45, 7) is 5.05. The maximum Gasteiger partial charge on any atom is 0.637 e. The molecule has 0 spiro atoms. The van der Waals surface area contributed by atoms with Gasteiger partial charge in [-0.05, 0) is 44.0 Å². The Morgan fingerprint density at radius 1 is 1.35 bits per heavy atom. The summed E-state index contributed by atoms with van der Waals surface area (Å²) in [6, 6.07) is 4.21. The number of aliphatic hydroxyl groups excluding tert-OH is 1. The molecule has 0 amide bonds. The van der Waals surface area contributed by atoms with Crippen molar-refractivity contribution in [3.8, 4) is 0 Å². The summed E-state index contributed by atoms with van der Waals surface area (Å²) in [4.78, 5) is 0. The molecule has 2 N–H and O–H groups in total. The number of hydrogen-bond acceptors (Lipinski definition) is 4. The summed E-state index contributed by atoms with van der Waals surface area (Å²) in [5, 5.41) is 20.7. The van der Waals surface area contributed by atoms with Crippen LogP contribution in [0, 0.1) is 5.82 Å². The first kappa shape index (κ1) is 15.9. The Bertz CT molecular complexity index is 513. The van der Waals surface area contributed by atoms with Crippen molar-refractivity contribution < 1.29 is 23.8 Å². The number of aliphatic hydroxyl groups is 1. The molecule has 2 rings (SSSR count). The van der Waals surface area contributed by atoms with Crippen molar-refractivity contribution in [1.29, 1.82) is 0 Å². The average molecular weight is 347 g/mol. The van der Waals surface area contributed by atoms with Gasteiger partial charge in [-0.1, -0.05) is 22.0 Å². The number of rotatable bonds is 3. The molecule has 1 aliphatic rings. The van der Waals surface area contributed by atoms with Gasteiger partial charge in [0.1, 0.15) is 17.5 Å². The fourth-order valence-electron chi connectivity index (χ4n) is 2.38. The number of hydrogen-bond donors (Lipinski definition) is 2. The van der Waals surface area contributed by atoms with Crippen LogP contribution in [0.3, 0.4) is 0 Å². The van der Waals surface area contributed by atoms with Crippen molar-refractivity contribution in [2.24, 2.45) is 0 Å². The summed E-state index contributed by atoms with van der Waals surface area (Å²) >= 11 is 3.31. The molecule has 0 bridgehead atoms. The molecule has 0 aromatic heterocycles. The fraction of sp³-hybridized carbons (Fsp3) is 0.538. The van der Waals surface area contributed by atoms with Crippen LogP contribution in [0.15, 0.2) is 18.2 Å². The molecule has 1 aliphatic heterocycles. The van der Waals surface area contributed by atoms with Crippen LogP contribution in [0.4, 0.5) is 4.39 Å². The lowest BCUT2D eigenvalue weighted by Crippen LogP contribution is -2.49. The highest BCUT2D eigenvalue weighted by Crippen LogP contribution is 2.45. The van der Waals surface area contributed by atoms with E-state index in [-0.39, 0.29) is 0 Å². The van der Waals surface area contributed by atoms with E-state index in [1.165, 1.54) is 12.1 Å². The average Bonchev–Trinajstić information content (AvgIpc) is 2.57. The SMILES string of the molecule is CC1(C)OB(O)OC1(C)C(O)c1cc(F)ccc1CBr. The number of halogens is 2. The summed E-state index contributed by atoms with van der Waals surface area (Å²) in [7, 11) is -1.41. The molecular formula is C13H17BBrFO4. The van der Waals surface area contributed by atoms with Crippen molar-refractivity contribution in [3.63, 3.8) is 0 Å². The van der Waals surface area contributed by atoms with Crippen LogP contribution in [0.5, 0.6) is 0 Å². The lowest BCUT2D eigenvalue weighted by Gasteiger charge is -2.40. The molecule has 0 radical (unpaired) electrons. The minimum Gasteiger partial charge on any atom is -0.402 e. The number of benzene rings is 1. The van der Waals surface area contributed by atoms with Gasteiger partial charge >= 0.3 is 7.32 Å². The van der Waals surface area contributed by atoms with Crippen LogP contribution in [-0.4, -0.2) is 28.7 Å². The monoisotopic (exact) mass is 346 g/mol. The summed E-state index contributed by atoms with van der Waals surface area (Å²) in [6.07, 6.45) is -1.14. The third kappa shape index (κ3) is 2.53. The topological polar surface area (TPSA) is 58.9 Å². The Hall–Kier alpha value is -0.465. The van der Waals surface area contributed by atoms with Crippen molar-refractivity contribution in [1.82, 2.24) is 0 Å². The van der Waals surface area contributed by atoms with Crippen molar-refractivity contribution in [2.75, 3.05) is 0 Å². The van der Waals surface area contributed by atoms with Gasteiger partial charge in [-0.2, -0.15) is 0 Å². The quantitative estimate of drug-likeness (QED) is 0.651. The van der Waals surface area contributed by atoms with Crippen molar-refractivity contribution >= 4 is 23.3 Å². The van der Waals surface area contributed by atoms with Gasteiger partial charge in [0.25, 0.3) is 0 Å². The molecule has 1 aromatic carbocycles. The van der Waals surface area contributed by atoms with Gasteiger partial charge in [0.05, 0.1) is 5.60 Å². The number of alkyl halides is 1. The maximum atomic E-state index is 13.5. The Morgan fingerprint density at radius 3 is 2.50 bits per heavy atom. The van der Waals surface area contributed by atoms with Crippen LogP contribution >= 0.6 is 15.9 Å². The lowest BCUT2D eigenvalue weighted by molar-refractivity contribution is -0.100. The minimum absolute atomic E-state index is 0.412. The van der Waals surface area contributed by atoms with E-state index < -0.39 is 30.4 Å². The van der Waals surface area contributed by atoms with Gasteiger partial charge in [0.2, 0.25) is 0 Å². The first-order valence-corrected chi connectivity index (χ1v) is 7.39. The molecule has 0 saturated carbocycles. The Kier molecular flexibility index (Phi) is 4.28. The summed E-state index contributed by atoms with van der Waals surface area (Å²) < 4.78 is 24.1. The molecular weight excluding hydrogens is 330 g/mol. The first-order valence-electron chi connectivity index (χ1n) is 6.27. The molecule has 4 nitrogen and oxygen atoms in total. The lowest BCUT2D eigenvalue weighted by atomic mass is 9.79. The molecule has 1 heterocycles. The van der Waals surface area contributed by atoms with Crippen molar-refractivity contribution in [3.05, 3.63) is 35.1 Å². The largest absolute Gasteiger partial charge is 0.637 e. The molecule has 1 saturated heterocycles. The molecule has 2 unspecified atom stereocenters. The third-order valence-electron chi connectivity index (χ3n) is 4.00. The van der Waals surface area contributed by atoms with Gasteiger partial charge < -0.3 is 19.4 Å². The van der Waals surface area contributed by atoms with Gasteiger partial charge in [0.15, 0.2) is 0 Å². The van der Waals surface area contributed by atoms with E-state index in [4.69, 9.17) is 9.31 Å². The highest BCUT2D eigenvalue weighted by molar-refractivity contribution is 9.08. The van der Waals surface area contributed by atoms with Gasteiger partial charge in [-0.25, -0.2) is 4.39 Å². The second-order valence-corrected chi connectivity index (χ2v) is 6.10. The van der Waals surface area contributed by atoms with Crippen LogP contribution in [0.25, 0.3) is 0 Å². The van der Waals surface area contributed by atoms with E-state index in [2.05, 4.69) is 15.9 Å². The predicted octanol–water partition coefficient (Wildman–Crippen LogP) is 2.32. The van der Waals surface area contributed by atoms with Crippen LogP contribution in [0.2, 0.25) is 0 Å². The van der Waals surface area contributed by atoms with Gasteiger partial charge in [-0.15, -0.1) is 0 Å². The normalized spacial score (nSPS) is 26.9. The Labute approximate surface area is 126 Å². The fourth-order valence-corrected chi connectivity index (χ4v) is 2.89. The van der Waals surface area contributed by atoms with Crippen molar-refractivity contribution in [2.45, 2.75) is 43.4 Å². The summed E-state index contributed by atoms with van der Waals surface area (Å²) in [5.74, 6) is -0.440. The predicted molar refractivity (Wildman–Crippen MR) is 76.6 cm³/mol. The summed E-state index contributed by atoms with van der Waals surface area (Å²) in [5.41, 5.74) is -0.963. The Balaban J connectivity index is 2.45. The van der Waals surface area contributed by atoms with E-state index in [0.29, 0.717) is 10.9 Å². The zero-order valence-electron chi connectivity index (χ0n) is 11.6. The molecule has 110 valence electrons. The highest BCUT2D eigenvalue weighted by atomic mass is 79.9. The smallest absolute Gasteiger partial charge is 0.402 e. The maximum absolute atomic E-state index is 13.5. The zero-order valence-corrected chi connectivity index (χ0v) is 13.1. The van der Waals surface area contributed by atoms with Crippen LogP contribution in [0.1, 0.15) is 38.0 Å². The molecule has 1 fully saturated rings. The first-order chi connectivity index (χ1) is 9.21. The molecule has 7 heteroatoms. The minimum atomic E-state index is -1.41. The highest BCUT2D eigenvalue weighted by Gasteiger charge is 2.58. The van der Waals surface area contributed by atoms with E-state index >= 15 is 0 Å². The van der Waals surface area contributed by atoms with E-state index in [9.17, 15) is 14.5 Å². The molecule has 0 aliphatic carbocycles. The zero-order chi connectivity index (χ0) is 15.1. The van der Waals surface area contributed by atoms with Gasteiger partial charge in [-0.3, -0.25) is 0 Å².